The van der Waals surface area contributed by atoms with Crippen molar-refractivity contribution in [3.8, 4) is 0 Å². The Labute approximate surface area is 290 Å². The second kappa shape index (κ2) is 13.0. The second-order valence-corrected chi connectivity index (χ2v) is 13.9. The standard InChI is InChI=1S/C30H29FN10O7S2/c1-30(2,28(46)47)48-36-21(24-35-29(34)50-37-24)19(42)10-17-25(43)41-22(27(44)45)16(13-49-26(17)41)12-39-6-5-20-38(7-8-40(20)39)11-15-4-3-14(23(32)33)9-18(15)31/h3-9,17,26H,10-13H2,1-2H3,(H6-,32,33,34,35,37,44,45,46,47)/p+1/b36-21+/t17-,26-/m1/s1. The number of β-lactam (4-membered cyclic amide) rings is 1. The zero-order valence-corrected chi connectivity index (χ0v) is 28.1. The number of imidazole rings is 1. The molecule has 2 aliphatic heterocycles. The predicted molar refractivity (Wildman–Crippen MR) is 177 cm³/mol. The summed E-state index contributed by atoms with van der Waals surface area (Å²) in [5.41, 5.74) is 10.6. The van der Waals surface area contributed by atoms with Gasteiger partial charge in [0.15, 0.2) is 22.8 Å². The first-order valence-corrected chi connectivity index (χ1v) is 16.7. The number of fused-ring (bicyclic) bond motifs is 2. The number of nitrogens with zero attached hydrogens (tertiary/aromatic N) is 7. The number of amides is 1. The number of rotatable bonds is 13. The van der Waals surface area contributed by atoms with Crippen LogP contribution in [0.25, 0.3) is 5.65 Å². The van der Waals surface area contributed by atoms with Crippen molar-refractivity contribution in [2.45, 2.75) is 44.3 Å². The van der Waals surface area contributed by atoms with Crippen molar-refractivity contribution in [2.24, 2.45) is 16.8 Å². The number of nitrogens with two attached hydrogens (primary N) is 2. The summed E-state index contributed by atoms with van der Waals surface area (Å²) >= 11 is 2.10. The van der Waals surface area contributed by atoms with E-state index in [9.17, 15) is 33.8 Å². The number of aromatic nitrogens is 5. The molecule has 0 bridgehead atoms. The molecule has 4 aromatic rings. The van der Waals surface area contributed by atoms with E-state index in [1.807, 2.05) is 4.57 Å². The molecule has 260 valence electrons. The Kier molecular flexibility index (Phi) is 8.91. The number of hydrogen-bond donors (Lipinski definition) is 5. The van der Waals surface area contributed by atoms with Crippen LogP contribution in [0.3, 0.4) is 0 Å². The maximum Gasteiger partial charge on any atom is 0.352 e. The molecule has 20 heteroatoms. The highest BCUT2D eigenvalue weighted by Gasteiger charge is 2.54. The molecule has 0 radical (unpaired) electrons. The van der Waals surface area contributed by atoms with Crippen LogP contribution >= 0.6 is 23.3 Å². The number of amidine groups is 1. The summed E-state index contributed by atoms with van der Waals surface area (Å²) in [7, 11) is 0. The molecule has 3 aromatic heterocycles. The number of halogens is 1. The van der Waals surface area contributed by atoms with E-state index in [0.717, 1.165) is 11.5 Å². The molecular formula is C30H30FN10O7S2+. The first-order valence-electron chi connectivity index (χ1n) is 14.9. The predicted octanol–water partition coefficient (Wildman–Crippen LogP) is 1.05. The van der Waals surface area contributed by atoms with Gasteiger partial charge in [-0.15, -0.1) is 16.3 Å². The first-order chi connectivity index (χ1) is 23.7. The van der Waals surface area contributed by atoms with E-state index < -0.39 is 52.1 Å². The SMILES string of the molecule is CC(C)(O/N=C(\C(=O)C[C@@H]1C(=O)N2C(C(=O)O)=C(Cn3ccc4n3cc[n+]4Cc3ccc(C(=N)N)cc3F)CS[C@H]12)c1nsc(N)n1)C(=O)O. The molecule has 2 atom stereocenters. The zero-order valence-electron chi connectivity index (χ0n) is 26.4. The van der Waals surface area contributed by atoms with Gasteiger partial charge in [-0.3, -0.25) is 19.9 Å². The Morgan fingerprint density at radius 1 is 1.24 bits per heavy atom. The quantitative estimate of drug-likeness (QED) is 0.0427. The molecule has 6 rings (SSSR count). The minimum absolute atomic E-state index is 0.0273. The van der Waals surface area contributed by atoms with Gasteiger partial charge in [0.2, 0.25) is 17.3 Å². The van der Waals surface area contributed by atoms with Crippen molar-refractivity contribution in [3.63, 3.8) is 0 Å². The number of carbonyl (C=O) groups excluding carboxylic acids is 2. The van der Waals surface area contributed by atoms with Crippen LogP contribution in [0.15, 0.2) is 59.3 Å². The van der Waals surface area contributed by atoms with E-state index in [0.29, 0.717) is 16.8 Å². The third-order valence-electron chi connectivity index (χ3n) is 8.21. The average Bonchev–Trinajstić information content (AvgIpc) is 3.78. The van der Waals surface area contributed by atoms with Gasteiger partial charge in [0, 0.05) is 34.8 Å². The van der Waals surface area contributed by atoms with Crippen LogP contribution < -0.4 is 16.0 Å². The van der Waals surface area contributed by atoms with Crippen LogP contribution in [-0.2, 0) is 37.1 Å². The number of Topliss-reactive ketones (excluding diaryl/α,β-unsaturated/α-hetero) is 1. The van der Waals surface area contributed by atoms with Gasteiger partial charge in [0.05, 0.1) is 30.1 Å². The third kappa shape index (κ3) is 6.29. The summed E-state index contributed by atoms with van der Waals surface area (Å²) in [4.78, 5) is 61.2. The molecule has 1 aromatic carbocycles. The van der Waals surface area contributed by atoms with Crippen LogP contribution in [0, 0.1) is 17.1 Å². The second-order valence-electron chi connectivity index (χ2n) is 12.0. The molecule has 0 unspecified atom stereocenters. The number of carbonyl (C=O) groups is 4. The lowest BCUT2D eigenvalue weighted by atomic mass is 9.89. The molecule has 17 nitrogen and oxygen atoms in total. The average molecular weight is 726 g/mol. The number of carboxylic acids is 2. The lowest BCUT2D eigenvalue weighted by Gasteiger charge is -2.49. The minimum atomic E-state index is -1.79. The highest BCUT2D eigenvalue weighted by atomic mass is 32.2. The lowest BCUT2D eigenvalue weighted by Crippen LogP contribution is -2.62. The van der Waals surface area contributed by atoms with Gasteiger partial charge in [-0.05, 0) is 25.5 Å². The molecule has 0 saturated carbocycles. The maximum absolute atomic E-state index is 14.7. The summed E-state index contributed by atoms with van der Waals surface area (Å²) in [6.45, 7) is 2.78. The summed E-state index contributed by atoms with van der Waals surface area (Å²) < 4.78 is 24.1. The summed E-state index contributed by atoms with van der Waals surface area (Å²) in [5.74, 6) is -5.50. The van der Waals surface area contributed by atoms with Gasteiger partial charge >= 0.3 is 17.6 Å². The molecule has 1 amide bonds. The Morgan fingerprint density at radius 3 is 2.64 bits per heavy atom. The van der Waals surface area contributed by atoms with Gasteiger partial charge in [-0.25, -0.2) is 23.2 Å². The number of aliphatic carboxylic acids is 2. The van der Waals surface area contributed by atoms with Crippen molar-refractivity contribution in [1.82, 2.24) is 23.5 Å². The Hall–Kier alpha value is -5.63. The molecule has 2 aliphatic rings. The summed E-state index contributed by atoms with van der Waals surface area (Å²) in [6.07, 6.45) is 4.86. The monoisotopic (exact) mass is 725 g/mol. The fraction of sp³-hybridized carbons (Fsp3) is 0.300. The Morgan fingerprint density at radius 2 is 2.00 bits per heavy atom. The van der Waals surface area contributed by atoms with Crippen molar-refractivity contribution in [3.05, 3.63) is 76.9 Å². The van der Waals surface area contributed by atoms with Crippen LogP contribution in [0.5, 0.6) is 0 Å². The number of nitrogens with one attached hydrogen (secondary N) is 1. The van der Waals surface area contributed by atoms with Crippen molar-refractivity contribution in [1.29, 1.82) is 5.41 Å². The number of thioether (sulfide) groups is 1. The van der Waals surface area contributed by atoms with Gasteiger partial charge in [-0.2, -0.15) is 9.36 Å². The normalized spacial score (nSPS) is 17.9. The van der Waals surface area contributed by atoms with Crippen molar-refractivity contribution < 1.29 is 43.2 Å². The summed E-state index contributed by atoms with van der Waals surface area (Å²) in [5, 5.41) is 30.2. The number of nitrogen functional groups attached to an aromatic ring is 2. The number of hydrogen-bond acceptors (Lipinski definition) is 12. The van der Waals surface area contributed by atoms with E-state index in [4.69, 9.17) is 21.7 Å². The van der Waals surface area contributed by atoms with Gasteiger partial charge in [0.1, 0.15) is 30.1 Å². The van der Waals surface area contributed by atoms with Crippen LogP contribution in [0.4, 0.5) is 9.52 Å². The van der Waals surface area contributed by atoms with Crippen LogP contribution in [-0.4, -0.2) is 85.6 Å². The topological polar surface area (TPSA) is 248 Å². The number of benzene rings is 1. The fourth-order valence-electron chi connectivity index (χ4n) is 5.51. The largest absolute Gasteiger partial charge is 0.478 e. The van der Waals surface area contributed by atoms with Crippen molar-refractivity contribution >= 4 is 69.2 Å². The number of ketones is 1. The third-order valence-corrected chi connectivity index (χ3v) is 10.1. The van der Waals surface area contributed by atoms with E-state index >= 15 is 0 Å². The van der Waals surface area contributed by atoms with E-state index in [-0.39, 0.29) is 53.3 Å². The van der Waals surface area contributed by atoms with Crippen LogP contribution in [0.1, 0.15) is 37.2 Å². The maximum atomic E-state index is 14.7. The summed E-state index contributed by atoms with van der Waals surface area (Å²) in [6, 6.07) is 6.14. The van der Waals surface area contributed by atoms with Crippen LogP contribution in [0.2, 0.25) is 0 Å². The molecule has 1 fully saturated rings. The highest BCUT2D eigenvalue weighted by molar-refractivity contribution is 8.00. The number of carboxylic acid groups (broad SMARTS) is 2. The zero-order chi connectivity index (χ0) is 36.1. The minimum Gasteiger partial charge on any atom is -0.478 e. The Balaban J connectivity index is 1.20. The lowest BCUT2D eigenvalue weighted by molar-refractivity contribution is -0.662. The first kappa shape index (κ1) is 34.2. The van der Waals surface area contributed by atoms with E-state index in [1.165, 1.54) is 36.6 Å². The molecule has 1 saturated heterocycles. The highest BCUT2D eigenvalue weighted by Crippen LogP contribution is 2.45. The molecule has 7 N–H and O–H groups in total. The van der Waals surface area contributed by atoms with Gasteiger partial charge < -0.3 is 26.5 Å². The molecule has 50 heavy (non-hydrogen) atoms. The van der Waals surface area contributed by atoms with Gasteiger partial charge in [0.25, 0.3) is 0 Å². The molecule has 0 spiro atoms. The van der Waals surface area contributed by atoms with E-state index in [1.54, 1.807) is 46.0 Å². The Bertz CT molecular complexity index is 2150. The molecular weight excluding hydrogens is 696 g/mol. The number of anilines is 1. The van der Waals surface area contributed by atoms with E-state index in [2.05, 4.69) is 14.5 Å². The molecule has 5 heterocycles. The fourth-order valence-corrected chi connectivity index (χ4v) is 7.35. The smallest absolute Gasteiger partial charge is 0.352 e. The number of oxime groups is 1. The molecule has 0 aliphatic carbocycles. The van der Waals surface area contributed by atoms with Crippen molar-refractivity contribution in [2.75, 3.05) is 11.5 Å². The van der Waals surface area contributed by atoms with Gasteiger partial charge in [-0.1, -0.05) is 17.3 Å².